The largest absolute Gasteiger partial charge is 0.467 e. The van der Waals surface area contributed by atoms with Gasteiger partial charge in [-0.15, -0.1) is 0 Å². The van der Waals surface area contributed by atoms with Crippen LogP contribution in [0.1, 0.15) is 5.76 Å². The fraction of sp³-hybridized carbons (Fsp3) is 0.125. The Bertz CT molecular complexity index is 819. The Labute approximate surface area is 120 Å². The van der Waals surface area contributed by atoms with E-state index in [4.69, 9.17) is 4.42 Å². The van der Waals surface area contributed by atoms with Gasteiger partial charge in [-0.1, -0.05) is 18.2 Å². The van der Waals surface area contributed by atoms with E-state index < -0.39 is 0 Å². The van der Waals surface area contributed by atoms with Gasteiger partial charge >= 0.3 is 0 Å². The standard InChI is InChI=1S/C16H14N2O3/c19-15(17-10-13-5-3-9-21-13)11-18-8-7-12-4-1-2-6-14(12)16(18)20/h1-9H,10-11H2,(H,17,19). The van der Waals surface area contributed by atoms with Gasteiger partial charge in [0.25, 0.3) is 5.56 Å². The van der Waals surface area contributed by atoms with E-state index in [0.717, 1.165) is 5.39 Å². The molecule has 2 heterocycles. The Hall–Kier alpha value is -2.82. The minimum atomic E-state index is -0.233. The van der Waals surface area contributed by atoms with E-state index in [0.29, 0.717) is 17.7 Å². The number of fused-ring (bicyclic) bond motifs is 1. The molecule has 3 aromatic rings. The van der Waals surface area contributed by atoms with E-state index in [1.165, 1.54) is 4.57 Å². The second-order valence-electron chi connectivity index (χ2n) is 4.69. The van der Waals surface area contributed by atoms with Crippen LogP contribution < -0.4 is 10.9 Å². The summed E-state index contributed by atoms with van der Waals surface area (Å²) in [6.07, 6.45) is 3.19. The fourth-order valence-corrected chi connectivity index (χ4v) is 2.16. The van der Waals surface area contributed by atoms with Crippen molar-refractivity contribution in [3.63, 3.8) is 0 Å². The molecule has 3 rings (SSSR count). The van der Waals surface area contributed by atoms with Crippen molar-refractivity contribution in [2.45, 2.75) is 13.1 Å². The lowest BCUT2D eigenvalue weighted by molar-refractivity contribution is -0.121. The van der Waals surface area contributed by atoms with Gasteiger partial charge in [0, 0.05) is 11.6 Å². The van der Waals surface area contributed by atoms with Gasteiger partial charge in [0.05, 0.1) is 12.8 Å². The highest BCUT2D eigenvalue weighted by atomic mass is 16.3. The van der Waals surface area contributed by atoms with Gasteiger partial charge in [-0.2, -0.15) is 0 Å². The number of rotatable bonds is 4. The Morgan fingerprint density at radius 2 is 2.00 bits per heavy atom. The molecule has 106 valence electrons. The minimum Gasteiger partial charge on any atom is -0.467 e. The molecule has 1 aromatic carbocycles. The summed E-state index contributed by atoms with van der Waals surface area (Å²) >= 11 is 0. The van der Waals surface area contributed by atoms with E-state index in [-0.39, 0.29) is 18.0 Å². The highest BCUT2D eigenvalue weighted by Gasteiger charge is 2.07. The molecule has 1 N–H and O–H groups in total. The average Bonchev–Trinajstić information content (AvgIpc) is 3.02. The van der Waals surface area contributed by atoms with Gasteiger partial charge in [-0.3, -0.25) is 9.59 Å². The summed E-state index contributed by atoms with van der Waals surface area (Å²) in [7, 11) is 0. The lowest BCUT2D eigenvalue weighted by atomic mass is 10.2. The van der Waals surface area contributed by atoms with Crippen LogP contribution in [-0.2, 0) is 17.9 Å². The molecule has 0 aliphatic rings. The number of benzene rings is 1. The van der Waals surface area contributed by atoms with Crippen LogP contribution in [0.15, 0.2) is 64.1 Å². The summed E-state index contributed by atoms with van der Waals surface area (Å²) < 4.78 is 6.53. The number of amides is 1. The number of carbonyl (C=O) groups excluding carboxylic acids is 1. The molecular formula is C16H14N2O3. The van der Waals surface area contributed by atoms with Crippen LogP contribution in [0, 0.1) is 0 Å². The van der Waals surface area contributed by atoms with E-state index in [2.05, 4.69) is 5.32 Å². The molecule has 2 aromatic heterocycles. The first-order valence-corrected chi connectivity index (χ1v) is 6.61. The minimum absolute atomic E-state index is 0.00955. The normalized spacial score (nSPS) is 10.7. The molecule has 21 heavy (non-hydrogen) atoms. The van der Waals surface area contributed by atoms with Crippen molar-refractivity contribution in [2.75, 3.05) is 0 Å². The van der Waals surface area contributed by atoms with Crippen LogP contribution in [0.3, 0.4) is 0 Å². The van der Waals surface area contributed by atoms with Crippen molar-refractivity contribution in [3.8, 4) is 0 Å². The summed E-state index contributed by atoms with van der Waals surface area (Å²) in [5.41, 5.74) is -0.166. The molecule has 0 fully saturated rings. The van der Waals surface area contributed by atoms with Crippen LogP contribution >= 0.6 is 0 Å². The summed E-state index contributed by atoms with van der Waals surface area (Å²) in [5.74, 6) is 0.443. The number of hydrogen-bond donors (Lipinski definition) is 1. The number of hydrogen-bond acceptors (Lipinski definition) is 3. The van der Waals surface area contributed by atoms with E-state index >= 15 is 0 Å². The van der Waals surface area contributed by atoms with Crippen LogP contribution in [0.4, 0.5) is 0 Å². The Morgan fingerprint density at radius 1 is 1.14 bits per heavy atom. The third-order valence-electron chi connectivity index (χ3n) is 3.24. The van der Waals surface area contributed by atoms with Gasteiger partial charge in [0.2, 0.25) is 5.91 Å². The predicted octanol–water partition coefficient (Wildman–Crippen LogP) is 1.91. The molecule has 5 nitrogen and oxygen atoms in total. The molecule has 0 radical (unpaired) electrons. The van der Waals surface area contributed by atoms with Gasteiger partial charge < -0.3 is 14.3 Å². The smallest absolute Gasteiger partial charge is 0.258 e. The quantitative estimate of drug-likeness (QED) is 0.795. The Kier molecular flexibility index (Phi) is 3.55. The van der Waals surface area contributed by atoms with E-state index in [9.17, 15) is 9.59 Å². The van der Waals surface area contributed by atoms with Crippen molar-refractivity contribution in [1.82, 2.24) is 9.88 Å². The van der Waals surface area contributed by atoms with Gasteiger partial charge in [-0.05, 0) is 29.7 Å². The topological polar surface area (TPSA) is 64.2 Å². The molecule has 0 aliphatic heterocycles. The average molecular weight is 282 g/mol. The number of nitrogens with one attached hydrogen (secondary N) is 1. The number of pyridine rings is 1. The molecule has 0 saturated carbocycles. The molecular weight excluding hydrogens is 268 g/mol. The van der Waals surface area contributed by atoms with Crippen molar-refractivity contribution in [1.29, 1.82) is 0 Å². The zero-order valence-corrected chi connectivity index (χ0v) is 11.3. The Balaban J connectivity index is 1.74. The summed E-state index contributed by atoms with van der Waals surface area (Å²) in [6.45, 7) is 0.304. The Morgan fingerprint density at radius 3 is 2.81 bits per heavy atom. The van der Waals surface area contributed by atoms with Crippen LogP contribution in [0.25, 0.3) is 10.8 Å². The summed E-state index contributed by atoms with van der Waals surface area (Å²) in [6, 6.07) is 12.7. The highest BCUT2D eigenvalue weighted by molar-refractivity contribution is 5.82. The first-order valence-electron chi connectivity index (χ1n) is 6.61. The van der Waals surface area contributed by atoms with Crippen molar-refractivity contribution in [3.05, 3.63) is 71.0 Å². The van der Waals surface area contributed by atoms with Crippen molar-refractivity contribution in [2.24, 2.45) is 0 Å². The maximum Gasteiger partial charge on any atom is 0.258 e. The third-order valence-corrected chi connectivity index (χ3v) is 3.24. The van der Waals surface area contributed by atoms with Crippen molar-refractivity contribution < 1.29 is 9.21 Å². The van der Waals surface area contributed by atoms with Crippen LogP contribution in [-0.4, -0.2) is 10.5 Å². The molecule has 1 amide bonds. The van der Waals surface area contributed by atoms with E-state index in [1.54, 1.807) is 30.7 Å². The van der Waals surface area contributed by atoms with Crippen LogP contribution in [0.5, 0.6) is 0 Å². The fourth-order valence-electron chi connectivity index (χ4n) is 2.16. The maximum absolute atomic E-state index is 12.3. The monoisotopic (exact) mass is 282 g/mol. The summed E-state index contributed by atoms with van der Waals surface area (Å²) in [4.78, 5) is 24.1. The SMILES string of the molecule is O=C(Cn1ccc2ccccc2c1=O)NCc1ccco1. The van der Waals surface area contributed by atoms with Gasteiger partial charge in [0.15, 0.2) is 0 Å². The van der Waals surface area contributed by atoms with Crippen molar-refractivity contribution >= 4 is 16.7 Å². The molecule has 0 bridgehead atoms. The summed E-state index contributed by atoms with van der Waals surface area (Å²) in [5, 5.41) is 4.20. The number of aromatic nitrogens is 1. The van der Waals surface area contributed by atoms with Crippen LogP contribution in [0.2, 0.25) is 0 Å². The highest BCUT2D eigenvalue weighted by Crippen LogP contribution is 2.07. The van der Waals surface area contributed by atoms with Gasteiger partial charge in [-0.25, -0.2) is 0 Å². The van der Waals surface area contributed by atoms with Gasteiger partial charge in [0.1, 0.15) is 12.3 Å². The zero-order chi connectivity index (χ0) is 14.7. The van der Waals surface area contributed by atoms with E-state index in [1.807, 2.05) is 24.3 Å². The number of furan rings is 1. The lowest BCUT2D eigenvalue weighted by Gasteiger charge is -2.07. The number of nitrogens with zero attached hydrogens (tertiary/aromatic N) is 1. The number of carbonyl (C=O) groups is 1. The predicted molar refractivity (Wildman–Crippen MR) is 78.8 cm³/mol. The third kappa shape index (κ3) is 2.86. The first-order chi connectivity index (χ1) is 10.2. The second kappa shape index (κ2) is 5.66. The molecule has 0 unspecified atom stereocenters. The molecule has 0 atom stereocenters. The zero-order valence-electron chi connectivity index (χ0n) is 11.3. The lowest BCUT2D eigenvalue weighted by Crippen LogP contribution is -2.31. The molecule has 0 spiro atoms. The molecule has 5 heteroatoms. The first kappa shape index (κ1) is 13.2. The maximum atomic E-state index is 12.3. The molecule has 0 aliphatic carbocycles. The second-order valence-corrected chi connectivity index (χ2v) is 4.69. The molecule has 0 saturated heterocycles.